The molecule has 0 fully saturated rings. The summed E-state index contributed by atoms with van der Waals surface area (Å²) in [7, 11) is 1.82. The first-order chi connectivity index (χ1) is 7.02. The Morgan fingerprint density at radius 3 is 2.73 bits per heavy atom. The second-order valence-electron chi connectivity index (χ2n) is 3.88. The van der Waals surface area contributed by atoms with Crippen LogP contribution in [0.4, 0.5) is 0 Å². The van der Waals surface area contributed by atoms with Gasteiger partial charge < -0.3 is 10.1 Å². The number of nitrogens with one attached hydrogen (secondary N) is 1. The van der Waals surface area contributed by atoms with Crippen molar-refractivity contribution in [3.63, 3.8) is 0 Å². The van der Waals surface area contributed by atoms with Crippen LogP contribution in [0.3, 0.4) is 0 Å². The first-order valence-electron chi connectivity index (χ1n) is 4.94. The maximum atomic E-state index is 11.1. The highest BCUT2D eigenvalue weighted by atomic mass is 16.4. The third kappa shape index (κ3) is 3.06. The van der Waals surface area contributed by atoms with Gasteiger partial charge in [0, 0.05) is 18.7 Å². The van der Waals surface area contributed by atoms with Gasteiger partial charge in [-0.15, -0.1) is 0 Å². The van der Waals surface area contributed by atoms with Crippen molar-refractivity contribution in [1.82, 2.24) is 14.9 Å². The van der Waals surface area contributed by atoms with Crippen molar-refractivity contribution in [3.8, 4) is 0 Å². The van der Waals surface area contributed by atoms with E-state index in [-0.39, 0.29) is 6.04 Å². The van der Waals surface area contributed by atoms with E-state index in [0.717, 1.165) is 5.69 Å². The standard InChI is InChI=1S/C10H17N3O2/c1-7(2)13(3)9(10(14)15)4-8-5-11-6-12-8/h5-7,9H,4H2,1-3H3,(H,11,12)(H,14,15). The van der Waals surface area contributed by atoms with Gasteiger partial charge in [-0.05, 0) is 20.9 Å². The molecule has 15 heavy (non-hydrogen) atoms. The zero-order chi connectivity index (χ0) is 11.4. The van der Waals surface area contributed by atoms with E-state index in [0.29, 0.717) is 6.42 Å². The molecular weight excluding hydrogens is 194 g/mol. The Balaban J connectivity index is 2.71. The van der Waals surface area contributed by atoms with Gasteiger partial charge in [0.05, 0.1) is 12.0 Å². The maximum Gasteiger partial charge on any atom is 0.321 e. The maximum absolute atomic E-state index is 11.1. The predicted molar refractivity (Wildman–Crippen MR) is 56.6 cm³/mol. The average Bonchev–Trinajstić information content (AvgIpc) is 2.64. The molecule has 1 aromatic heterocycles. The largest absolute Gasteiger partial charge is 0.480 e. The minimum absolute atomic E-state index is 0.199. The molecule has 0 spiro atoms. The summed E-state index contributed by atoms with van der Waals surface area (Å²) in [5.74, 6) is -0.811. The molecule has 0 saturated carbocycles. The zero-order valence-corrected chi connectivity index (χ0v) is 9.27. The van der Waals surface area contributed by atoms with Gasteiger partial charge in [-0.3, -0.25) is 9.69 Å². The topological polar surface area (TPSA) is 69.2 Å². The fraction of sp³-hybridized carbons (Fsp3) is 0.600. The van der Waals surface area contributed by atoms with E-state index in [1.807, 2.05) is 25.8 Å². The number of carboxylic acid groups (broad SMARTS) is 1. The van der Waals surface area contributed by atoms with E-state index >= 15 is 0 Å². The Kier molecular flexibility index (Phi) is 3.85. The van der Waals surface area contributed by atoms with Crippen molar-refractivity contribution in [2.75, 3.05) is 7.05 Å². The van der Waals surface area contributed by atoms with Crippen molar-refractivity contribution in [2.24, 2.45) is 0 Å². The second-order valence-corrected chi connectivity index (χ2v) is 3.88. The molecule has 0 aliphatic heterocycles. The molecule has 1 rings (SSSR count). The van der Waals surface area contributed by atoms with Crippen molar-refractivity contribution >= 4 is 5.97 Å². The molecule has 84 valence electrons. The first-order valence-corrected chi connectivity index (χ1v) is 4.94. The number of aromatic amines is 1. The zero-order valence-electron chi connectivity index (χ0n) is 9.27. The third-order valence-electron chi connectivity index (χ3n) is 2.55. The fourth-order valence-electron chi connectivity index (χ4n) is 1.37. The van der Waals surface area contributed by atoms with E-state index < -0.39 is 12.0 Å². The molecule has 1 aromatic rings. The Labute approximate surface area is 89.1 Å². The molecule has 5 heteroatoms. The van der Waals surface area contributed by atoms with Gasteiger partial charge >= 0.3 is 5.97 Å². The second kappa shape index (κ2) is 4.93. The summed E-state index contributed by atoms with van der Waals surface area (Å²) >= 11 is 0. The van der Waals surface area contributed by atoms with Gasteiger partial charge in [0.2, 0.25) is 0 Å². The van der Waals surface area contributed by atoms with Gasteiger partial charge in [-0.2, -0.15) is 0 Å². The predicted octanol–water partition coefficient (Wildman–Crippen LogP) is 0.746. The van der Waals surface area contributed by atoms with Crippen LogP contribution in [0.25, 0.3) is 0 Å². The number of H-pyrrole nitrogens is 1. The van der Waals surface area contributed by atoms with Crippen molar-refractivity contribution in [2.45, 2.75) is 32.4 Å². The van der Waals surface area contributed by atoms with E-state index in [1.165, 1.54) is 0 Å². The number of rotatable bonds is 5. The summed E-state index contributed by atoms with van der Waals surface area (Å²) in [5, 5.41) is 9.11. The molecule has 2 N–H and O–H groups in total. The molecule has 0 saturated heterocycles. The quantitative estimate of drug-likeness (QED) is 0.754. The molecule has 0 bridgehead atoms. The van der Waals surface area contributed by atoms with Crippen LogP contribution in [0.15, 0.2) is 12.5 Å². The summed E-state index contributed by atoms with van der Waals surface area (Å²) in [4.78, 5) is 19.8. The number of aromatic nitrogens is 2. The molecule has 1 heterocycles. The fourth-order valence-corrected chi connectivity index (χ4v) is 1.37. The van der Waals surface area contributed by atoms with Gasteiger partial charge in [0.1, 0.15) is 6.04 Å². The SMILES string of the molecule is CC(C)N(C)C(Cc1c[nH]cn1)C(=O)O. The lowest BCUT2D eigenvalue weighted by Gasteiger charge is -2.27. The molecule has 0 aromatic carbocycles. The smallest absolute Gasteiger partial charge is 0.321 e. The summed E-state index contributed by atoms with van der Waals surface area (Å²) in [6.07, 6.45) is 3.71. The number of imidazole rings is 1. The van der Waals surface area contributed by atoms with E-state index in [9.17, 15) is 4.79 Å². The summed E-state index contributed by atoms with van der Waals surface area (Å²) in [5.41, 5.74) is 0.773. The molecule has 5 nitrogen and oxygen atoms in total. The number of likely N-dealkylation sites (N-methyl/N-ethyl adjacent to an activating group) is 1. The minimum Gasteiger partial charge on any atom is -0.480 e. The highest BCUT2D eigenvalue weighted by molar-refractivity contribution is 5.73. The van der Waals surface area contributed by atoms with Crippen LogP contribution < -0.4 is 0 Å². The van der Waals surface area contributed by atoms with Crippen LogP contribution >= 0.6 is 0 Å². The number of nitrogens with zero attached hydrogens (tertiary/aromatic N) is 2. The number of hydrogen-bond acceptors (Lipinski definition) is 3. The summed E-state index contributed by atoms with van der Waals surface area (Å²) in [6.45, 7) is 3.95. The number of carboxylic acids is 1. The van der Waals surface area contributed by atoms with E-state index in [4.69, 9.17) is 5.11 Å². The Morgan fingerprint density at radius 2 is 2.33 bits per heavy atom. The van der Waals surface area contributed by atoms with Crippen LogP contribution in [-0.2, 0) is 11.2 Å². The van der Waals surface area contributed by atoms with Crippen LogP contribution in [-0.4, -0.2) is 45.1 Å². The third-order valence-corrected chi connectivity index (χ3v) is 2.55. The van der Waals surface area contributed by atoms with Gasteiger partial charge in [0.15, 0.2) is 0 Å². The minimum atomic E-state index is -0.811. The highest BCUT2D eigenvalue weighted by Gasteiger charge is 2.25. The summed E-state index contributed by atoms with van der Waals surface area (Å²) in [6, 6.07) is -0.321. The lowest BCUT2D eigenvalue weighted by molar-refractivity contribution is -0.143. The lowest BCUT2D eigenvalue weighted by atomic mass is 10.1. The Hall–Kier alpha value is -1.36. The number of carbonyl (C=O) groups is 1. The Bertz CT molecular complexity index is 308. The monoisotopic (exact) mass is 211 g/mol. The molecule has 0 aliphatic carbocycles. The van der Waals surface area contributed by atoms with E-state index in [1.54, 1.807) is 12.5 Å². The van der Waals surface area contributed by atoms with Crippen LogP contribution in [0.2, 0.25) is 0 Å². The number of hydrogen-bond donors (Lipinski definition) is 2. The molecule has 0 aliphatic rings. The molecule has 0 radical (unpaired) electrons. The molecule has 1 atom stereocenters. The molecule has 0 amide bonds. The van der Waals surface area contributed by atoms with Crippen molar-refractivity contribution < 1.29 is 9.90 Å². The van der Waals surface area contributed by atoms with E-state index in [2.05, 4.69) is 9.97 Å². The van der Waals surface area contributed by atoms with Gasteiger partial charge in [-0.1, -0.05) is 0 Å². The van der Waals surface area contributed by atoms with Crippen LogP contribution in [0.1, 0.15) is 19.5 Å². The van der Waals surface area contributed by atoms with Gasteiger partial charge in [-0.25, -0.2) is 4.98 Å². The van der Waals surface area contributed by atoms with Crippen LogP contribution in [0, 0.1) is 0 Å². The van der Waals surface area contributed by atoms with Gasteiger partial charge in [0.25, 0.3) is 0 Å². The molecule has 1 unspecified atom stereocenters. The van der Waals surface area contributed by atoms with Crippen LogP contribution in [0.5, 0.6) is 0 Å². The lowest BCUT2D eigenvalue weighted by Crippen LogP contribution is -2.43. The highest BCUT2D eigenvalue weighted by Crippen LogP contribution is 2.08. The summed E-state index contributed by atoms with van der Waals surface area (Å²) < 4.78 is 0. The Morgan fingerprint density at radius 1 is 1.67 bits per heavy atom. The normalized spacial score (nSPS) is 13.4. The van der Waals surface area contributed by atoms with Crippen molar-refractivity contribution in [3.05, 3.63) is 18.2 Å². The number of aliphatic carboxylic acids is 1. The first kappa shape index (κ1) is 11.7. The molecular formula is C10H17N3O2. The average molecular weight is 211 g/mol. The van der Waals surface area contributed by atoms with Crippen molar-refractivity contribution in [1.29, 1.82) is 0 Å².